The molecule has 1 heterocycles. The molecule has 0 spiro atoms. The number of anilines is 1. The topological polar surface area (TPSA) is 113 Å². The summed E-state index contributed by atoms with van der Waals surface area (Å²) in [6, 6.07) is 5.89. The quantitative estimate of drug-likeness (QED) is 0.393. The first-order chi connectivity index (χ1) is 13.7. The molecule has 2 aromatic rings. The summed E-state index contributed by atoms with van der Waals surface area (Å²) in [5.74, 6) is -1.50. The van der Waals surface area contributed by atoms with Gasteiger partial charge in [-0.3, -0.25) is 23.5 Å². The number of ether oxygens (including phenoxy) is 1. The van der Waals surface area contributed by atoms with E-state index in [-0.39, 0.29) is 23.7 Å². The van der Waals surface area contributed by atoms with Gasteiger partial charge < -0.3 is 10.5 Å². The molecule has 1 aromatic carbocycles. The molecule has 0 bridgehead atoms. The number of rotatable bonds is 8. The van der Waals surface area contributed by atoms with E-state index in [0.29, 0.717) is 6.42 Å². The molecular weight excluding hydrogens is 394 g/mol. The van der Waals surface area contributed by atoms with E-state index >= 15 is 0 Å². The van der Waals surface area contributed by atoms with Gasteiger partial charge in [0.15, 0.2) is 6.61 Å². The molecule has 0 amide bonds. The average molecular weight is 420 g/mol. The van der Waals surface area contributed by atoms with E-state index in [1.807, 2.05) is 39.0 Å². The maximum absolute atomic E-state index is 12.5. The largest absolute Gasteiger partial charge is 0.457 e. The number of carbonyl (C=O) groups is 2. The van der Waals surface area contributed by atoms with Gasteiger partial charge in [-0.05, 0) is 31.9 Å². The third-order valence-corrected chi connectivity index (χ3v) is 5.50. The van der Waals surface area contributed by atoms with Crippen molar-refractivity contribution in [3.8, 4) is 0 Å². The number of ketones is 1. The summed E-state index contributed by atoms with van der Waals surface area (Å²) in [6.07, 6.45) is 0.598. The molecule has 0 atom stereocenters. The van der Waals surface area contributed by atoms with Crippen LogP contribution in [0.1, 0.15) is 34.8 Å². The second kappa shape index (κ2) is 9.60. The highest BCUT2D eigenvalue weighted by molar-refractivity contribution is 8.00. The Morgan fingerprint density at radius 3 is 2.52 bits per heavy atom. The highest BCUT2D eigenvalue weighted by Gasteiger charge is 2.22. The maximum Gasteiger partial charge on any atom is 0.332 e. The molecule has 1 aromatic heterocycles. The number of thioether (sulfide) groups is 1. The number of hydrogen-bond donors (Lipinski definition) is 1. The molecular formula is C20H25N3O5S. The number of aromatic nitrogens is 2. The summed E-state index contributed by atoms with van der Waals surface area (Å²) in [5, 5.41) is 0. The van der Waals surface area contributed by atoms with Gasteiger partial charge in [0.05, 0.1) is 5.75 Å². The zero-order valence-electron chi connectivity index (χ0n) is 17.0. The smallest absolute Gasteiger partial charge is 0.332 e. The number of benzene rings is 1. The number of nitrogens with zero attached hydrogens (tertiary/aromatic N) is 2. The normalized spacial score (nSPS) is 10.8. The second-order valence-corrected chi connectivity index (χ2v) is 7.72. The van der Waals surface area contributed by atoms with E-state index in [4.69, 9.17) is 10.5 Å². The number of nitrogens with two attached hydrogens (primary N) is 1. The molecule has 0 saturated heterocycles. The third kappa shape index (κ3) is 5.17. The molecule has 2 rings (SSSR count). The molecule has 0 radical (unpaired) electrons. The minimum Gasteiger partial charge on any atom is -0.457 e. The Bertz CT molecular complexity index is 1060. The lowest BCUT2D eigenvalue weighted by Crippen LogP contribution is -2.43. The van der Waals surface area contributed by atoms with Gasteiger partial charge in [0.2, 0.25) is 5.78 Å². The fraction of sp³-hybridized carbons (Fsp3) is 0.400. The minimum atomic E-state index is -0.800. The molecule has 9 heteroatoms. The molecule has 2 N–H and O–H groups in total. The molecule has 0 aliphatic rings. The molecule has 0 aliphatic carbocycles. The van der Waals surface area contributed by atoms with Crippen molar-refractivity contribution in [2.24, 2.45) is 7.05 Å². The van der Waals surface area contributed by atoms with Crippen molar-refractivity contribution in [2.45, 2.75) is 38.6 Å². The Morgan fingerprint density at radius 2 is 1.90 bits per heavy atom. The van der Waals surface area contributed by atoms with Crippen molar-refractivity contribution in [3.05, 3.63) is 55.7 Å². The van der Waals surface area contributed by atoms with Crippen LogP contribution in [0.5, 0.6) is 0 Å². The van der Waals surface area contributed by atoms with Crippen molar-refractivity contribution in [2.75, 3.05) is 18.1 Å². The van der Waals surface area contributed by atoms with Crippen molar-refractivity contribution in [1.82, 2.24) is 9.13 Å². The van der Waals surface area contributed by atoms with Crippen LogP contribution < -0.4 is 17.0 Å². The number of esters is 1. The number of aryl methyl sites for hydroxylation is 2. The highest BCUT2D eigenvalue weighted by atomic mass is 32.2. The van der Waals surface area contributed by atoms with E-state index in [0.717, 1.165) is 20.6 Å². The van der Waals surface area contributed by atoms with Crippen molar-refractivity contribution >= 4 is 29.3 Å². The van der Waals surface area contributed by atoms with E-state index in [1.165, 1.54) is 23.4 Å². The van der Waals surface area contributed by atoms with Crippen LogP contribution in [0.4, 0.5) is 5.82 Å². The van der Waals surface area contributed by atoms with Gasteiger partial charge in [-0.2, -0.15) is 0 Å². The van der Waals surface area contributed by atoms with Crippen LogP contribution in [0, 0.1) is 13.8 Å². The summed E-state index contributed by atoms with van der Waals surface area (Å²) in [4.78, 5) is 49.9. The Labute approximate surface area is 172 Å². The second-order valence-electron chi connectivity index (χ2n) is 6.70. The number of Topliss-reactive ketones (excluding diaryl/α,β-unsaturated/α-hetero) is 1. The molecule has 0 saturated carbocycles. The average Bonchev–Trinajstić information content (AvgIpc) is 2.67. The van der Waals surface area contributed by atoms with Crippen LogP contribution in [0.2, 0.25) is 0 Å². The van der Waals surface area contributed by atoms with Crippen LogP contribution in [0.3, 0.4) is 0 Å². The monoisotopic (exact) mass is 419 g/mol. The lowest BCUT2D eigenvalue weighted by atomic mass is 10.2. The predicted octanol–water partition coefficient (Wildman–Crippen LogP) is 1.67. The highest BCUT2D eigenvalue weighted by Crippen LogP contribution is 2.23. The Morgan fingerprint density at radius 1 is 1.21 bits per heavy atom. The molecule has 156 valence electrons. The van der Waals surface area contributed by atoms with Crippen molar-refractivity contribution in [3.63, 3.8) is 0 Å². The van der Waals surface area contributed by atoms with Gasteiger partial charge in [0.25, 0.3) is 5.56 Å². The first-order valence-electron chi connectivity index (χ1n) is 9.15. The number of nitrogen functional groups attached to an aromatic ring is 1. The van der Waals surface area contributed by atoms with E-state index in [1.54, 1.807) is 0 Å². The standard InChI is InChI=1S/C20H25N3O5S/c1-5-8-23-18(21)17(19(26)22(4)20(23)27)14(24)10-28-16(25)11-29-15-7-6-12(2)9-13(15)3/h6-7,9H,5,8,10-11,21H2,1-4H3. The summed E-state index contributed by atoms with van der Waals surface area (Å²) >= 11 is 1.31. The summed E-state index contributed by atoms with van der Waals surface area (Å²) in [6.45, 7) is 5.43. The lowest BCUT2D eigenvalue weighted by molar-refractivity contribution is -0.139. The maximum atomic E-state index is 12.5. The van der Waals surface area contributed by atoms with E-state index < -0.39 is 29.6 Å². The zero-order valence-corrected chi connectivity index (χ0v) is 17.8. The minimum absolute atomic E-state index is 0.0278. The van der Waals surface area contributed by atoms with Gasteiger partial charge in [0.1, 0.15) is 11.4 Å². The predicted molar refractivity (Wildman–Crippen MR) is 113 cm³/mol. The van der Waals surface area contributed by atoms with Crippen LogP contribution in [-0.4, -0.2) is 33.2 Å². The van der Waals surface area contributed by atoms with Crippen molar-refractivity contribution in [1.29, 1.82) is 0 Å². The van der Waals surface area contributed by atoms with Gasteiger partial charge in [0, 0.05) is 18.5 Å². The van der Waals surface area contributed by atoms with Crippen molar-refractivity contribution < 1.29 is 14.3 Å². The van der Waals surface area contributed by atoms with Crippen LogP contribution in [-0.2, 0) is 23.1 Å². The van der Waals surface area contributed by atoms with E-state index in [9.17, 15) is 19.2 Å². The SMILES string of the molecule is CCCn1c(N)c(C(=O)COC(=O)CSc2ccc(C)cc2C)c(=O)n(C)c1=O. The van der Waals surface area contributed by atoms with Crippen LogP contribution in [0.15, 0.2) is 32.7 Å². The summed E-state index contributed by atoms with van der Waals surface area (Å²) < 4.78 is 7.03. The van der Waals surface area contributed by atoms with Crippen LogP contribution in [0.25, 0.3) is 0 Å². The Kier molecular flexibility index (Phi) is 7.44. The molecule has 8 nitrogen and oxygen atoms in total. The van der Waals surface area contributed by atoms with Gasteiger partial charge >= 0.3 is 11.7 Å². The zero-order chi connectivity index (χ0) is 21.7. The fourth-order valence-corrected chi connectivity index (χ4v) is 3.65. The van der Waals surface area contributed by atoms with Gasteiger partial charge in [-0.15, -0.1) is 11.8 Å². The fourth-order valence-electron chi connectivity index (χ4n) is 2.84. The summed E-state index contributed by atoms with van der Waals surface area (Å²) in [5.41, 5.74) is 6.34. The Balaban J connectivity index is 2.08. The van der Waals surface area contributed by atoms with Gasteiger partial charge in [-0.1, -0.05) is 24.6 Å². The lowest BCUT2D eigenvalue weighted by Gasteiger charge is -2.14. The molecule has 0 unspecified atom stereocenters. The molecule has 0 fully saturated rings. The summed E-state index contributed by atoms with van der Waals surface area (Å²) in [7, 11) is 1.28. The third-order valence-electron chi connectivity index (χ3n) is 4.35. The number of hydrogen-bond acceptors (Lipinski definition) is 7. The molecule has 0 aliphatic heterocycles. The first kappa shape index (κ1) is 22.5. The van der Waals surface area contributed by atoms with Gasteiger partial charge in [-0.25, -0.2) is 4.79 Å². The Hall–Kier alpha value is -2.81. The van der Waals surface area contributed by atoms with E-state index in [2.05, 4.69) is 0 Å². The number of carbonyl (C=O) groups excluding carboxylic acids is 2. The molecule has 29 heavy (non-hydrogen) atoms. The van der Waals surface area contributed by atoms with Crippen LogP contribution >= 0.6 is 11.8 Å². The first-order valence-corrected chi connectivity index (χ1v) is 10.1.